The molecule has 1 rings (SSSR count). The quantitative estimate of drug-likeness (QED) is 0.737. The summed E-state index contributed by atoms with van der Waals surface area (Å²) >= 11 is 0. The molecule has 1 unspecified atom stereocenters. The van der Waals surface area contributed by atoms with Crippen molar-refractivity contribution in [1.82, 2.24) is 4.90 Å². The summed E-state index contributed by atoms with van der Waals surface area (Å²) < 4.78 is 10.4. The van der Waals surface area contributed by atoms with Gasteiger partial charge in [-0.15, -0.1) is 0 Å². The van der Waals surface area contributed by atoms with E-state index in [1.54, 1.807) is 14.2 Å². The van der Waals surface area contributed by atoms with Gasteiger partial charge in [-0.3, -0.25) is 4.90 Å². The zero-order valence-corrected chi connectivity index (χ0v) is 13.3. The first-order valence-corrected chi connectivity index (χ1v) is 7.21. The fourth-order valence-electron chi connectivity index (χ4n) is 2.09. The third kappa shape index (κ3) is 6.74. The summed E-state index contributed by atoms with van der Waals surface area (Å²) in [5, 5.41) is 0. The van der Waals surface area contributed by atoms with Gasteiger partial charge in [-0.1, -0.05) is 24.0 Å². The summed E-state index contributed by atoms with van der Waals surface area (Å²) in [6, 6.07) is 8.64. The molecule has 0 aliphatic heterocycles. The number of nitrogens with zero attached hydrogens (tertiary/aromatic N) is 1. The highest BCUT2D eigenvalue weighted by molar-refractivity contribution is 5.36. The summed E-state index contributed by atoms with van der Waals surface area (Å²) in [4.78, 5) is 2.35. The maximum absolute atomic E-state index is 5.38. The van der Waals surface area contributed by atoms with Gasteiger partial charge in [0.05, 0.1) is 19.8 Å². The van der Waals surface area contributed by atoms with Crippen LogP contribution in [0.2, 0.25) is 0 Å². The van der Waals surface area contributed by atoms with Crippen molar-refractivity contribution in [1.29, 1.82) is 0 Å². The van der Waals surface area contributed by atoms with Crippen LogP contribution >= 0.6 is 0 Å². The molecule has 1 atom stereocenters. The molecule has 0 saturated heterocycles. The molecule has 116 valence electrons. The van der Waals surface area contributed by atoms with Crippen LogP contribution in [0.25, 0.3) is 0 Å². The summed E-state index contributed by atoms with van der Waals surface area (Å²) in [5.41, 5.74) is 7.63. The van der Waals surface area contributed by atoms with Gasteiger partial charge in [0.2, 0.25) is 0 Å². The molecule has 21 heavy (non-hydrogen) atoms. The predicted molar refractivity (Wildman–Crippen MR) is 86.0 cm³/mol. The lowest BCUT2D eigenvalue weighted by atomic mass is 10.1. The number of methoxy groups -OCH3 is 2. The topological polar surface area (TPSA) is 47.7 Å². The Balaban J connectivity index is 2.68. The van der Waals surface area contributed by atoms with Crippen LogP contribution in [0.15, 0.2) is 24.3 Å². The van der Waals surface area contributed by atoms with E-state index in [-0.39, 0.29) is 0 Å². The smallest absolute Gasteiger partial charge is 0.0615 e. The second kappa shape index (κ2) is 10.4. The third-order valence-electron chi connectivity index (χ3n) is 3.29. The molecule has 0 aromatic heterocycles. The number of hydrogen-bond donors (Lipinski definition) is 1. The van der Waals surface area contributed by atoms with E-state index in [9.17, 15) is 0 Å². The van der Waals surface area contributed by atoms with E-state index in [0.717, 1.165) is 18.7 Å². The van der Waals surface area contributed by atoms with E-state index in [1.807, 2.05) is 12.1 Å². The fourth-order valence-corrected chi connectivity index (χ4v) is 2.09. The van der Waals surface area contributed by atoms with Crippen LogP contribution in [0, 0.1) is 11.8 Å². The Kier molecular flexibility index (Phi) is 8.72. The molecule has 0 amide bonds. The normalized spacial score (nSPS) is 12.0. The average Bonchev–Trinajstić information content (AvgIpc) is 2.50. The molecule has 1 aromatic rings. The third-order valence-corrected chi connectivity index (χ3v) is 3.29. The zero-order chi connectivity index (χ0) is 15.5. The number of benzene rings is 1. The van der Waals surface area contributed by atoms with Gasteiger partial charge in [-0.2, -0.15) is 0 Å². The summed E-state index contributed by atoms with van der Waals surface area (Å²) in [6.07, 6.45) is 0. The Labute approximate surface area is 128 Å². The first kappa shape index (κ1) is 17.7. The monoisotopic (exact) mass is 290 g/mol. The second-order valence-corrected chi connectivity index (χ2v) is 4.97. The molecule has 0 radical (unpaired) electrons. The Morgan fingerprint density at radius 2 is 1.90 bits per heavy atom. The Morgan fingerprint density at radius 3 is 2.48 bits per heavy atom. The Bertz CT molecular complexity index is 448. The lowest BCUT2D eigenvalue weighted by Crippen LogP contribution is -2.38. The van der Waals surface area contributed by atoms with Gasteiger partial charge < -0.3 is 15.2 Å². The molecule has 0 heterocycles. The molecule has 0 spiro atoms. The fraction of sp³-hybridized carbons (Fsp3) is 0.529. The molecule has 0 saturated carbocycles. The van der Waals surface area contributed by atoms with Crippen molar-refractivity contribution in [3.05, 3.63) is 35.4 Å². The van der Waals surface area contributed by atoms with E-state index in [0.29, 0.717) is 25.8 Å². The molecule has 2 N–H and O–H groups in total. The highest BCUT2D eigenvalue weighted by Crippen LogP contribution is 2.10. The lowest BCUT2D eigenvalue weighted by molar-refractivity contribution is 0.0705. The summed E-state index contributed by atoms with van der Waals surface area (Å²) in [5.74, 6) is 5.90. The van der Waals surface area contributed by atoms with E-state index >= 15 is 0 Å². The van der Waals surface area contributed by atoms with Crippen LogP contribution in [-0.4, -0.2) is 51.5 Å². The zero-order valence-electron chi connectivity index (χ0n) is 13.3. The molecule has 0 aliphatic rings. The Morgan fingerprint density at radius 1 is 1.19 bits per heavy atom. The average molecular weight is 290 g/mol. The molecule has 0 aliphatic carbocycles. The number of ether oxygens (including phenoxy) is 2. The maximum atomic E-state index is 5.38. The van der Waals surface area contributed by atoms with Crippen LogP contribution < -0.4 is 5.73 Å². The molecular formula is C17H26N2O2. The van der Waals surface area contributed by atoms with Crippen molar-refractivity contribution < 1.29 is 9.47 Å². The van der Waals surface area contributed by atoms with Gasteiger partial charge >= 0.3 is 0 Å². The molecule has 0 fully saturated rings. The van der Waals surface area contributed by atoms with E-state index in [2.05, 4.69) is 35.8 Å². The van der Waals surface area contributed by atoms with Crippen molar-refractivity contribution in [3.8, 4) is 11.8 Å². The molecular weight excluding hydrogens is 264 g/mol. The van der Waals surface area contributed by atoms with Crippen LogP contribution in [-0.2, 0) is 16.0 Å². The number of hydrogen-bond acceptors (Lipinski definition) is 4. The second-order valence-electron chi connectivity index (χ2n) is 4.97. The summed E-state index contributed by atoms with van der Waals surface area (Å²) in [7, 11) is 3.46. The summed E-state index contributed by atoms with van der Waals surface area (Å²) in [6.45, 7) is 5.74. The van der Waals surface area contributed by atoms with Crippen molar-refractivity contribution in [2.45, 2.75) is 19.5 Å². The molecule has 4 nitrogen and oxygen atoms in total. The lowest BCUT2D eigenvalue weighted by Gasteiger charge is -2.28. The van der Waals surface area contributed by atoms with Crippen molar-refractivity contribution >= 4 is 0 Å². The number of rotatable bonds is 8. The van der Waals surface area contributed by atoms with Gasteiger partial charge in [0.25, 0.3) is 0 Å². The predicted octanol–water partition coefficient (Wildman–Crippen LogP) is 1.48. The highest BCUT2D eigenvalue weighted by Gasteiger charge is 2.13. The first-order chi connectivity index (χ1) is 10.2. The van der Waals surface area contributed by atoms with Gasteiger partial charge in [0, 0.05) is 38.9 Å². The maximum Gasteiger partial charge on any atom is 0.0615 e. The van der Waals surface area contributed by atoms with Gasteiger partial charge in [0.1, 0.15) is 0 Å². The minimum absolute atomic E-state index is 0.349. The SMILES string of the molecule is COCCN(Cc1ccc(C#CCN)cc1)C(C)COC. The van der Waals surface area contributed by atoms with Crippen LogP contribution in [0.5, 0.6) is 0 Å². The molecule has 1 aromatic carbocycles. The minimum atomic E-state index is 0.349. The van der Waals surface area contributed by atoms with Gasteiger partial charge in [-0.25, -0.2) is 0 Å². The standard InChI is InChI=1S/C17H26N2O2/c1-15(14-21-3)19(11-12-20-2)13-17-8-6-16(7-9-17)5-4-10-18/h6-9,15H,10-14,18H2,1-3H3. The van der Waals surface area contributed by atoms with E-state index in [1.165, 1.54) is 5.56 Å². The molecule has 4 heteroatoms. The Hall–Kier alpha value is -1.38. The minimum Gasteiger partial charge on any atom is -0.383 e. The van der Waals surface area contributed by atoms with Crippen LogP contribution in [0.1, 0.15) is 18.1 Å². The highest BCUT2D eigenvalue weighted by atomic mass is 16.5. The van der Waals surface area contributed by atoms with Crippen molar-refractivity contribution in [3.63, 3.8) is 0 Å². The van der Waals surface area contributed by atoms with Crippen molar-refractivity contribution in [2.75, 3.05) is 40.5 Å². The van der Waals surface area contributed by atoms with E-state index in [4.69, 9.17) is 15.2 Å². The van der Waals surface area contributed by atoms with Gasteiger partial charge in [0.15, 0.2) is 0 Å². The largest absolute Gasteiger partial charge is 0.383 e. The molecule has 0 bridgehead atoms. The first-order valence-electron chi connectivity index (χ1n) is 7.21. The van der Waals surface area contributed by atoms with Crippen LogP contribution in [0.3, 0.4) is 0 Å². The van der Waals surface area contributed by atoms with Crippen LogP contribution in [0.4, 0.5) is 0 Å². The number of nitrogens with two attached hydrogens (primary N) is 1. The van der Waals surface area contributed by atoms with E-state index < -0.39 is 0 Å². The van der Waals surface area contributed by atoms with Crippen molar-refractivity contribution in [2.24, 2.45) is 5.73 Å². The van der Waals surface area contributed by atoms with Gasteiger partial charge in [-0.05, 0) is 24.6 Å².